The van der Waals surface area contributed by atoms with Crippen LogP contribution in [0.3, 0.4) is 0 Å². The summed E-state index contributed by atoms with van der Waals surface area (Å²) in [5.74, 6) is 0. The van der Waals surface area contributed by atoms with Crippen molar-refractivity contribution in [2.45, 2.75) is 38.1 Å². The molecule has 21 heavy (non-hydrogen) atoms. The van der Waals surface area contributed by atoms with Crippen LogP contribution < -0.4 is 4.72 Å². The minimum Gasteiger partial charge on any atom is -0.207 e. The second-order valence-corrected chi connectivity index (χ2v) is 7.02. The molecule has 2 rings (SSSR count). The highest BCUT2D eigenvalue weighted by atomic mass is 32.2. The van der Waals surface area contributed by atoms with Gasteiger partial charge < -0.3 is 0 Å². The molecule has 4 heteroatoms. The maximum Gasteiger partial charge on any atom is 0.241 e. The molecule has 0 amide bonds. The van der Waals surface area contributed by atoms with Crippen molar-refractivity contribution in [1.29, 1.82) is 0 Å². The minimum atomic E-state index is -3.50. The Hall–Kier alpha value is -1.65. The van der Waals surface area contributed by atoms with Gasteiger partial charge in [-0.3, -0.25) is 0 Å². The fourth-order valence-corrected chi connectivity index (χ4v) is 3.47. The Labute approximate surface area is 127 Å². The van der Waals surface area contributed by atoms with E-state index in [4.69, 9.17) is 0 Å². The Morgan fingerprint density at radius 1 is 0.905 bits per heavy atom. The molecule has 0 aliphatic rings. The van der Waals surface area contributed by atoms with Gasteiger partial charge in [0.25, 0.3) is 0 Å². The number of benzene rings is 2. The van der Waals surface area contributed by atoms with Crippen molar-refractivity contribution in [2.75, 3.05) is 0 Å². The van der Waals surface area contributed by atoms with Crippen LogP contribution in [0.15, 0.2) is 53.4 Å². The molecule has 1 N–H and O–H groups in total. The zero-order chi connectivity index (χ0) is 15.5. The van der Waals surface area contributed by atoms with Gasteiger partial charge in [0.15, 0.2) is 0 Å². The highest BCUT2D eigenvalue weighted by molar-refractivity contribution is 7.89. The van der Waals surface area contributed by atoms with Gasteiger partial charge in [-0.15, -0.1) is 0 Å². The molecular weight excluding hydrogens is 282 g/mol. The van der Waals surface area contributed by atoms with Crippen LogP contribution in [-0.2, 0) is 10.0 Å². The summed E-state index contributed by atoms with van der Waals surface area (Å²) in [7, 11) is -3.50. The monoisotopic (exact) mass is 303 g/mol. The molecule has 0 spiro atoms. The van der Waals surface area contributed by atoms with Crippen molar-refractivity contribution in [3.63, 3.8) is 0 Å². The molecule has 3 nitrogen and oxygen atoms in total. The summed E-state index contributed by atoms with van der Waals surface area (Å²) >= 11 is 0. The van der Waals surface area contributed by atoms with Gasteiger partial charge in [0.05, 0.1) is 4.90 Å². The molecular formula is C17H21NO2S. The zero-order valence-electron chi connectivity index (χ0n) is 12.6. The Morgan fingerprint density at radius 3 is 1.86 bits per heavy atom. The third-order valence-corrected chi connectivity index (χ3v) is 5.00. The lowest BCUT2D eigenvalue weighted by molar-refractivity contribution is 0.550. The maximum absolute atomic E-state index is 12.4. The standard InChI is InChI=1S/C17H21NO2S/c1-4-17(15-9-5-13(2)6-10-15)18-21(19,20)16-11-7-14(3)8-12-16/h5-12,17-18H,4H2,1-3H3/t17-/m1/s1. The van der Waals surface area contributed by atoms with E-state index in [-0.39, 0.29) is 6.04 Å². The third-order valence-electron chi connectivity index (χ3n) is 3.52. The van der Waals surface area contributed by atoms with E-state index >= 15 is 0 Å². The SMILES string of the molecule is CC[C@@H](NS(=O)(=O)c1ccc(C)cc1)c1ccc(C)cc1. The molecule has 0 aromatic heterocycles. The molecule has 0 aliphatic heterocycles. The van der Waals surface area contributed by atoms with Crippen LogP contribution in [0.5, 0.6) is 0 Å². The van der Waals surface area contributed by atoms with Crippen molar-refractivity contribution in [2.24, 2.45) is 0 Å². The largest absolute Gasteiger partial charge is 0.241 e. The number of sulfonamides is 1. The predicted octanol–water partition coefficient (Wildman–Crippen LogP) is 3.73. The first-order valence-electron chi connectivity index (χ1n) is 7.08. The second kappa shape index (κ2) is 6.41. The lowest BCUT2D eigenvalue weighted by Crippen LogP contribution is -2.28. The predicted molar refractivity (Wildman–Crippen MR) is 85.7 cm³/mol. The first-order chi connectivity index (χ1) is 9.92. The molecule has 0 radical (unpaired) electrons. The van der Waals surface area contributed by atoms with Crippen LogP contribution in [0.4, 0.5) is 0 Å². The number of hydrogen-bond donors (Lipinski definition) is 1. The summed E-state index contributed by atoms with van der Waals surface area (Å²) in [5, 5.41) is 0. The van der Waals surface area contributed by atoms with E-state index in [0.29, 0.717) is 11.3 Å². The molecule has 0 heterocycles. The average Bonchev–Trinajstić information content (AvgIpc) is 2.46. The highest BCUT2D eigenvalue weighted by Crippen LogP contribution is 2.20. The second-order valence-electron chi connectivity index (χ2n) is 5.31. The van der Waals surface area contributed by atoms with Gasteiger partial charge in [-0.1, -0.05) is 54.4 Å². The smallest absolute Gasteiger partial charge is 0.207 e. The molecule has 0 unspecified atom stereocenters. The van der Waals surface area contributed by atoms with Crippen molar-refractivity contribution in [1.82, 2.24) is 4.72 Å². The van der Waals surface area contributed by atoms with E-state index in [1.54, 1.807) is 24.3 Å². The fourth-order valence-electron chi connectivity index (χ4n) is 2.16. The normalized spacial score (nSPS) is 13.1. The molecule has 0 bridgehead atoms. The number of rotatable bonds is 5. The van der Waals surface area contributed by atoms with E-state index in [2.05, 4.69) is 4.72 Å². The van der Waals surface area contributed by atoms with Crippen molar-refractivity contribution in [3.05, 3.63) is 65.2 Å². The van der Waals surface area contributed by atoms with Gasteiger partial charge in [-0.05, 0) is 38.0 Å². The van der Waals surface area contributed by atoms with Crippen molar-refractivity contribution >= 4 is 10.0 Å². The summed E-state index contributed by atoms with van der Waals surface area (Å²) in [6, 6.07) is 14.6. The van der Waals surface area contributed by atoms with E-state index in [9.17, 15) is 8.42 Å². The molecule has 2 aromatic carbocycles. The van der Waals surface area contributed by atoms with E-state index in [0.717, 1.165) is 16.7 Å². The highest BCUT2D eigenvalue weighted by Gasteiger charge is 2.19. The zero-order valence-corrected chi connectivity index (χ0v) is 13.4. The van der Waals surface area contributed by atoms with Gasteiger partial charge in [-0.2, -0.15) is 0 Å². The van der Waals surface area contributed by atoms with Gasteiger partial charge in [0.2, 0.25) is 10.0 Å². The lowest BCUT2D eigenvalue weighted by atomic mass is 10.0. The number of aryl methyl sites for hydroxylation is 2. The van der Waals surface area contributed by atoms with Gasteiger partial charge >= 0.3 is 0 Å². The molecule has 0 saturated carbocycles. The summed E-state index contributed by atoms with van der Waals surface area (Å²) in [5.41, 5.74) is 3.19. The average molecular weight is 303 g/mol. The van der Waals surface area contributed by atoms with E-state index in [1.807, 2.05) is 45.0 Å². The van der Waals surface area contributed by atoms with Gasteiger partial charge in [0.1, 0.15) is 0 Å². The van der Waals surface area contributed by atoms with Crippen molar-refractivity contribution in [3.8, 4) is 0 Å². The van der Waals surface area contributed by atoms with E-state index in [1.165, 1.54) is 0 Å². The van der Waals surface area contributed by atoms with Crippen LogP contribution in [0.25, 0.3) is 0 Å². The van der Waals surface area contributed by atoms with Crippen LogP contribution in [0.1, 0.15) is 36.1 Å². The van der Waals surface area contributed by atoms with Crippen LogP contribution in [0, 0.1) is 13.8 Å². The van der Waals surface area contributed by atoms with Gasteiger partial charge in [-0.25, -0.2) is 13.1 Å². The molecule has 2 aromatic rings. The molecule has 0 aliphatic carbocycles. The Morgan fingerprint density at radius 2 is 1.38 bits per heavy atom. The Bertz CT molecular complexity index is 689. The molecule has 0 saturated heterocycles. The molecule has 0 fully saturated rings. The number of hydrogen-bond acceptors (Lipinski definition) is 2. The summed E-state index contributed by atoms with van der Waals surface area (Å²) in [6.45, 7) is 5.92. The first-order valence-corrected chi connectivity index (χ1v) is 8.56. The van der Waals surface area contributed by atoms with Crippen molar-refractivity contribution < 1.29 is 8.42 Å². The van der Waals surface area contributed by atoms with Gasteiger partial charge in [0, 0.05) is 6.04 Å². The number of nitrogens with one attached hydrogen (secondary N) is 1. The lowest BCUT2D eigenvalue weighted by Gasteiger charge is -2.18. The third kappa shape index (κ3) is 3.93. The first kappa shape index (κ1) is 15.7. The minimum absolute atomic E-state index is 0.211. The van der Waals surface area contributed by atoms with Crippen LogP contribution in [-0.4, -0.2) is 8.42 Å². The molecule has 112 valence electrons. The quantitative estimate of drug-likeness (QED) is 0.914. The summed E-state index contributed by atoms with van der Waals surface area (Å²) in [6.07, 6.45) is 0.703. The van der Waals surface area contributed by atoms with Crippen LogP contribution >= 0.6 is 0 Å². The maximum atomic E-state index is 12.4. The molecule has 1 atom stereocenters. The Kier molecular flexibility index (Phi) is 4.80. The van der Waals surface area contributed by atoms with Crippen LogP contribution in [0.2, 0.25) is 0 Å². The fraction of sp³-hybridized carbons (Fsp3) is 0.294. The summed E-state index contributed by atoms with van der Waals surface area (Å²) < 4.78 is 27.7. The summed E-state index contributed by atoms with van der Waals surface area (Å²) in [4.78, 5) is 0.304. The topological polar surface area (TPSA) is 46.2 Å². The van der Waals surface area contributed by atoms with E-state index < -0.39 is 10.0 Å². The Balaban J connectivity index is 2.24.